The largest absolute Gasteiger partial charge is 0.497 e. The molecule has 1 heterocycles. The molecule has 1 amide bonds. The quantitative estimate of drug-likeness (QED) is 0.635. The molecule has 32 heavy (non-hydrogen) atoms. The Morgan fingerprint density at radius 1 is 1.03 bits per heavy atom. The molecule has 0 aliphatic carbocycles. The number of carbonyl (C=O) groups is 1. The van der Waals surface area contributed by atoms with Crippen LogP contribution in [-0.2, 0) is 14.8 Å². The highest BCUT2D eigenvalue weighted by Gasteiger charge is 2.37. The molecule has 1 atom stereocenters. The monoisotopic (exact) mass is 452 g/mol. The Morgan fingerprint density at radius 3 is 2.47 bits per heavy atom. The summed E-state index contributed by atoms with van der Waals surface area (Å²) in [7, 11) is -2.42. The van der Waals surface area contributed by atoms with Crippen LogP contribution in [0.1, 0.15) is 11.1 Å². The van der Waals surface area contributed by atoms with Crippen molar-refractivity contribution in [1.29, 1.82) is 0 Å². The number of anilines is 2. The number of hydrogen-bond donors (Lipinski definition) is 1. The third-order valence-electron chi connectivity index (χ3n) is 5.54. The van der Waals surface area contributed by atoms with Gasteiger partial charge in [-0.1, -0.05) is 24.3 Å². The molecule has 1 aliphatic heterocycles. The minimum atomic E-state index is -3.94. The zero-order chi connectivity index (χ0) is 22.9. The second kappa shape index (κ2) is 8.55. The molecule has 0 fully saturated rings. The van der Waals surface area contributed by atoms with Crippen LogP contribution in [0.5, 0.6) is 11.5 Å². The van der Waals surface area contributed by atoms with Gasteiger partial charge in [0.15, 0.2) is 6.10 Å². The number of sulfonamides is 1. The number of benzene rings is 3. The first-order chi connectivity index (χ1) is 15.3. The summed E-state index contributed by atoms with van der Waals surface area (Å²) >= 11 is 0. The Balaban J connectivity index is 1.67. The molecule has 1 N–H and O–H groups in total. The Bertz CT molecular complexity index is 1260. The highest BCUT2D eigenvalue weighted by Crippen LogP contribution is 2.37. The zero-order valence-corrected chi connectivity index (χ0v) is 18.8. The molecule has 3 aromatic carbocycles. The highest BCUT2D eigenvalue weighted by atomic mass is 32.2. The number of hydrogen-bond acceptors (Lipinski definition) is 5. The number of nitrogens with one attached hydrogen (secondary N) is 1. The first-order valence-corrected chi connectivity index (χ1v) is 11.5. The van der Waals surface area contributed by atoms with Crippen LogP contribution in [0.15, 0.2) is 71.6 Å². The minimum Gasteiger partial charge on any atom is -0.497 e. The molecule has 8 heteroatoms. The number of fused-ring (bicyclic) bond motifs is 1. The third-order valence-corrected chi connectivity index (χ3v) is 7.33. The maximum Gasteiger partial charge on any atom is 0.267 e. The van der Waals surface area contributed by atoms with Gasteiger partial charge in [-0.15, -0.1) is 0 Å². The fraction of sp³-hybridized carbons (Fsp3) is 0.208. The zero-order valence-electron chi connectivity index (χ0n) is 18.0. The Morgan fingerprint density at radius 2 is 1.75 bits per heavy atom. The molecule has 0 saturated carbocycles. The smallest absolute Gasteiger partial charge is 0.267 e. The fourth-order valence-electron chi connectivity index (χ4n) is 3.54. The van der Waals surface area contributed by atoms with Gasteiger partial charge in [-0.2, -0.15) is 0 Å². The lowest BCUT2D eigenvalue weighted by Crippen LogP contribution is -2.48. The van der Waals surface area contributed by atoms with Crippen LogP contribution in [0, 0.1) is 13.8 Å². The van der Waals surface area contributed by atoms with Crippen molar-refractivity contribution in [1.82, 2.24) is 0 Å². The molecule has 166 valence electrons. The molecule has 4 rings (SSSR count). The van der Waals surface area contributed by atoms with Crippen molar-refractivity contribution in [2.24, 2.45) is 0 Å². The number of nitrogens with zero attached hydrogens (tertiary/aromatic N) is 1. The Labute approximate surface area is 187 Å². The van der Waals surface area contributed by atoms with Gasteiger partial charge in [-0.25, -0.2) is 8.42 Å². The van der Waals surface area contributed by atoms with Gasteiger partial charge in [-0.3, -0.25) is 9.10 Å². The van der Waals surface area contributed by atoms with Gasteiger partial charge in [0.1, 0.15) is 11.5 Å². The molecular formula is C24H24N2O5S. The van der Waals surface area contributed by atoms with Crippen molar-refractivity contribution in [2.75, 3.05) is 23.3 Å². The maximum atomic E-state index is 13.5. The van der Waals surface area contributed by atoms with E-state index >= 15 is 0 Å². The van der Waals surface area contributed by atoms with Gasteiger partial charge in [-0.05, 0) is 67.4 Å². The standard InChI is InChI=1S/C24H24N2O5S/c1-16-7-6-8-20(17(16)2)25-24(27)23-15-26(21-9-4-5-10-22(21)31-23)32(28,29)19-13-11-18(30-3)12-14-19/h4-14,23H,15H2,1-3H3,(H,25,27)/t23-/m0/s1. The molecule has 3 aromatic rings. The van der Waals surface area contributed by atoms with Gasteiger partial charge < -0.3 is 14.8 Å². The second-order valence-electron chi connectivity index (χ2n) is 7.52. The lowest BCUT2D eigenvalue weighted by atomic mass is 10.1. The van der Waals surface area contributed by atoms with Crippen LogP contribution in [0.4, 0.5) is 11.4 Å². The van der Waals surface area contributed by atoms with Crippen molar-refractivity contribution in [3.8, 4) is 11.5 Å². The summed E-state index contributed by atoms with van der Waals surface area (Å²) in [4.78, 5) is 13.2. The summed E-state index contributed by atoms with van der Waals surface area (Å²) in [6.45, 7) is 3.73. The number of aryl methyl sites for hydroxylation is 1. The molecule has 0 unspecified atom stereocenters. The Hall–Kier alpha value is -3.52. The SMILES string of the molecule is COc1ccc(S(=O)(=O)N2C[C@@H](C(=O)Nc3cccc(C)c3C)Oc3ccccc32)cc1. The van der Waals surface area contributed by atoms with Crippen molar-refractivity contribution in [2.45, 2.75) is 24.8 Å². The van der Waals surface area contributed by atoms with E-state index in [1.807, 2.05) is 32.0 Å². The van der Waals surface area contributed by atoms with Crippen LogP contribution < -0.4 is 19.1 Å². The number of carbonyl (C=O) groups excluding carboxylic acids is 1. The predicted octanol–water partition coefficient (Wildman–Crippen LogP) is 3.91. The van der Waals surface area contributed by atoms with E-state index in [0.717, 1.165) is 11.1 Å². The lowest BCUT2D eigenvalue weighted by molar-refractivity contribution is -0.122. The summed E-state index contributed by atoms with van der Waals surface area (Å²) in [5, 5.41) is 2.88. The molecule has 0 saturated heterocycles. The summed E-state index contributed by atoms with van der Waals surface area (Å²) in [5.41, 5.74) is 3.04. The van der Waals surface area contributed by atoms with Crippen molar-refractivity contribution in [3.63, 3.8) is 0 Å². The second-order valence-corrected chi connectivity index (χ2v) is 9.38. The summed E-state index contributed by atoms with van der Waals surface area (Å²) in [5.74, 6) is 0.470. The average Bonchev–Trinajstić information content (AvgIpc) is 2.81. The average molecular weight is 453 g/mol. The number of amides is 1. The number of rotatable bonds is 5. The van der Waals surface area contributed by atoms with E-state index < -0.39 is 22.0 Å². The first-order valence-electron chi connectivity index (χ1n) is 10.1. The molecule has 7 nitrogen and oxygen atoms in total. The normalized spacial score (nSPS) is 15.5. The van der Waals surface area contributed by atoms with Crippen molar-refractivity contribution < 1.29 is 22.7 Å². The first kappa shape index (κ1) is 21.7. The van der Waals surface area contributed by atoms with E-state index in [4.69, 9.17) is 9.47 Å². The highest BCUT2D eigenvalue weighted by molar-refractivity contribution is 7.92. The van der Waals surface area contributed by atoms with Gasteiger partial charge in [0, 0.05) is 5.69 Å². The van der Waals surface area contributed by atoms with Crippen LogP contribution in [0.2, 0.25) is 0 Å². The van der Waals surface area contributed by atoms with Gasteiger partial charge in [0.25, 0.3) is 15.9 Å². The van der Waals surface area contributed by atoms with E-state index in [0.29, 0.717) is 22.9 Å². The van der Waals surface area contributed by atoms with Crippen molar-refractivity contribution >= 4 is 27.3 Å². The number of methoxy groups -OCH3 is 1. The summed E-state index contributed by atoms with van der Waals surface area (Å²) in [6.07, 6.45) is -1.02. The number of para-hydroxylation sites is 2. The van der Waals surface area contributed by atoms with Gasteiger partial charge in [0.05, 0.1) is 24.2 Å². The fourth-order valence-corrected chi connectivity index (χ4v) is 5.02. The Kier molecular flexibility index (Phi) is 5.80. The molecule has 0 bridgehead atoms. The lowest BCUT2D eigenvalue weighted by Gasteiger charge is -2.34. The molecule has 0 radical (unpaired) electrons. The van der Waals surface area contributed by atoms with E-state index in [-0.39, 0.29) is 11.4 Å². The predicted molar refractivity (Wildman–Crippen MR) is 123 cm³/mol. The van der Waals surface area contributed by atoms with Crippen LogP contribution in [0.3, 0.4) is 0 Å². The molecule has 0 spiro atoms. The molecule has 0 aromatic heterocycles. The molecular weight excluding hydrogens is 428 g/mol. The topological polar surface area (TPSA) is 84.9 Å². The van der Waals surface area contributed by atoms with Crippen LogP contribution in [0.25, 0.3) is 0 Å². The summed E-state index contributed by atoms with van der Waals surface area (Å²) < 4.78 is 39.2. The van der Waals surface area contributed by atoms with Crippen molar-refractivity contribution in [3.05, 3.63) is 77.9 Å². The van der Waals surface area contributed by atoms with Gasteiger partial charge in [0.2, 0.25) is 0 Å². The maximum absolute atomic E-state index is 13.5. The van der Waals surface area contributed by atoms with E-state index in [9.17, 15) is 13.2 Å². The van der Waals surface area contributed by atoms with E-state index in [1.165, 1.54) is 23.5 Å². The number of ether oxygens (including phenoxy) is 2. The van der Waals surface area contributed by atoms with E-state index in [2.05, 4.69) is 5.32 Å². The van der Waals surface area contributed by atoms with Crippen LogP contribution >= 0.6 is 0 Å². The third kappa shape index (κ3) is 4.01. The van der Waals surface area contributed by atoms with E-state index in [1.54, 1.807) is 36.4 Å². The van der Waals surface area contributed by atoms with Crippen LogP contribution in [-0.4, -0.2) is 34.1 Å². The minimum absolute atomic E-state index is 0.101. The molecule has 1 aliphatic rings. The van der Waals surface area contributed by atoms with Gasteiger partial charge >= 0.3 is 0 Å². The summed E-state index contributed by atoms with van der Waals surface area (Å²) in [6, 6.07) is 18.6.